The van der Waals surface area contributed by atoms with Gasteiger partial charge in [0.05, 0.1) is 12.8 Å². The quantitative estimate of drug-likeness (QED) is 0.521. The van der Waals surface area contributed by atoms with E-state index in [9.17, 15) is 9.90 Å². The van der Waals surface area contributed by atoms with Crippen LogP contribution in [0.15, 0.2) is 47.6 Å². The van der Waals surface area contributed by atoms with Crippen molar-refractivity contribution in [3.05, 3.63) is 53.1 Å². The van der Waals surface area contributed by atoms with Crippen molar-refractivity contribution >= 4 is 29.4 Å². The molecule has 2 rings (SSSR count). The van der Waals surface area contributed by atoms with Crippen LogP contribution in [0.2, 0.25) is 5.02 Å². The lowest BCUT2D eigenvalue weighted by atomic mass is 10.2. The Morgan fingerprint density at radius 3 is 2.68 bits per heavy atom. The lowest BCUT2D eigenvalue weighted by Crippen LogP contribution is -2.34. The average molecular weight is 362 g/mol. The Morgan fingerprint density at radius 1 is 1.32 bits per heavy atom. The third-order valence-electron chi connectivity index (χ3n) is 3.29. The Hall–Kier alpha value is -2.73. The van der Waals surface area contributed by atoms with E-state index in [0.717, 1.165) is 5.69 Å². The summed E-state index contributed by atoms with van der Waals surface area (Å²) in [5, 5.41) is 17.4. The highest BCUT2D eigenvalue weighted by Gasteiger charge is 2.11. The minimum atomic E-state index is -0.480. The molecule has 0 radical (unpaired) electrons. The van der Waals surface area contributed by atoms with Gasteiger partial charge in [0, 0.05) is 10.7 Å². The highest BCUT2D eigenvalue weighted by atomic mass is 35.5. The summed E-state index contributed by atoms with van der Waals surface area (Å²) in [5.41, 5.74) is 3.87. The van der Waals surface area contributed by atoms with E-state index in [1.807, 2.05) is 6.92 Å². The van der Waals surface area contributed by atoms with Crippen molar-refractivity contribution in [1.29, 1.82) is 0 Å². The predicted molar refractivity (Wildman–Crippen MR) is 99.5 cm³/mol. The van der Waals surface area contributed by atoms with E-state index in [1.165, 1.54) is 12.3 Å². The number of nitrogens with zero attached hydrogens (tertiary/aromatic N) is 1. The van der Waals surface area contributed by atoms with Crippen LogP contribution in [-0.2, 0) is 4.79 Å². The number of phenolic OH excluding ortho intramolecular Hbond substituents is 1. The summed E-state index contributed by atoms with van der Waals surface area (Å²) in [4.78, 5) is 12.0. The van der Waals surface area contributed by atoms with Crippen molar-refractivity contribution in [2.45, 2.75) is 19.9 Å². The summed E-state index contributed by atoms with van der Waals surface area (Å²) in [5.74, 6) is 0.140. The minimum Gasteiger partial charge on any atom is -0.504 e. The maximum atomic E-state index is 12.0. The Balaban J connectivity index is 1.89. The number of carbonyl (C=O) groups excluding carboxylic acids is 1. The SMILES string of the molecule is CCOc1ccc(C=NNC(=O)C(C)Nc2ccc(Cl)cc2)cc1O. The number of carbonyl (C=O) groups is 1. The first-order valence-corrected chi connectivity index (χ1v) is 8.18. The molecule has 0 aliphatic rings. The Labute approximate surface area is 151 Å². The molecule has 0 fully saturated rings. The lowest BCUT2D eigenvalue weighted by Gasteiger charge is -2.13. The van der Waals surface area contributed by atoms with Crippen molar-refractivity contribution in [2.75, 3.05) is 11.9 Å². The fourth-order valence-corrected chi connectivity index (χ4v) is 2.15. The Morgan fingerprint density at radius 2 is 2.04 bits per heavy atom. The van der Waals surface area contributed by atoms with E-state index in [-0.39, 0.29) is 11.7 Å². The van der Waals surface area contributed by atoms with Crippen molar-refractivity contribution in [2.24, 2.45) is 5.10 Å². The van der Waals surface area contributed by atoms with Crippen LogP contribution >= 0.6 is 11.6 Å². The zero-order valence-electron chi connectivity index (χ0n) is 14.0. The van der Waals surface area contributed by atoms with Crippen molar-refractivity contribution < 1.29 is 14.6 Å². The number of halogens is 1. The van der Waals surface area contributed by atoms with E-state index in [0.29, 0.717) is 22.9 Å². The van der Waals surface area contributed by atoms with Crippen LogP contribution < -0.4 is 15.5 Å². The van der Waals surface area contributed by atoms with Gasteiger partial charge in [-0.15, -0.1) is 0 Å². The minimum absolute atomic E-state index is 0.0231. The number of hydrazone groups is 1. The number of ether oxygens (including phenoxy) is 1. The molecular weight excluding hydrogens is 342 g/mol. The number of aromatic hydroxyl groups is 1. The van der Waals surface area contributed by atoms with Gasteiger partial charge in [0.2, 0.25) is 0 Å². The third kappa shape index (κ3) is 5.69. The van der Waals surface area contributed by atoms with Gasteiger partial charge in [0.25, 0.3) is 5.91 Å². The first kappa shape index (κ1) is 18.6. The number of hydrogen-bond donors (Lipinski definition) is 3. The second kappa shape index (κ2) is 8.94. The molecular formula is C18H20ClN3O3. The van der Waals surface area contributed by atoms with Crippen molar-refractivity contribution in [3.63, 3.8) is 0 Å². The zero-order chi connectivity index (χ0) is 18.2. The summed E-state index contributed by atoms with van der Waals surface area (Å²) >= 11 is 5.82. The molecule has 2 aromatic carbocycles. The molecule has 0 spiro atoms. The molecule has 132 valence electrons. The van der Waals surface area contributed by atoms with Crippen LogP contribution in [0.4, 0.5) is 5.69 Å². The topological polar surface area (TPSA) is 83.0 Å². The maximum absolute atomic E-state index is 12.0. The van der Waals surface area contributed by atoms with Gasteiger partial charge in [0.1, 0.15) is 6.04 Å². The van der Waals surface area contributed by atoms with Gasteiger partial charge >= 0.3 is 0 Å². The number of benzene rings is 2. The predicted octanol–water partition coefficient (Wildman–Crippen LogP) is 3.40. The molecule has 0 aromatic heterocycles. The van der Waals surface area contributed by atoms with Crippen LogP contribution in [0.1, 0.15) is 19.4 Å². The third-order valence-corrected chi connectivity index (χ3v) is 3.54. The molecule has 3 N–H and O–H groups in total. The summed E-state index contributed by atoms with van der Waals surface area (Å²) in [6, 6.07) is 11.5. The molecule has 0 saturated heterocycles. The first-order valence-electron chi connectivity index (χ1n) is 7.80. The Kier molecular flexibility index (Phi) is 6.65. The van der Waals surface area contributed by atoms with Crippen LogP contribution in [0.25, 0.3) is 0 Å². The van der Waals surface area contributed by atoms with Gasteiger partial charge in [0.15, 0.2) is 11.5 Å². The lowest BCUT2D eigenvalue weighted by molar-refractivity contribution is -0.121. The number of amides is 1. The van der Waals surface area contributed by atoms with E-state index in [1.54, 1.807) is 43.3 Å². The summed E-state index contributed by atoms with van der Waals surface area (Å²) in [7, 11) is 0. The van der Waals surface area contributed by atoms with E-state index in [2.05, 4.69) is 15.8 Å². The monoisotopic (exact) mass is 361 g/mol. The van der Waals surface area contributed by atoms with Gasteiger partial charge < -0.3 is 15.2 Å². The molecule has 7 heteroatoms. The summed E-state index contributed by atoms with van der Waals surface area (Å²) < 4.78 is 5.25. The fraction of sp³-hybridized carbons (Fsp3) is 0.222. The van der Waals surface area contributed by atoms with Crippen molar-refractivity contribution in [3.8, 4) is 11.5 Å². The van der Waals surface area contributed by atoms with Gasteiger partial charge in [-0.2, -0.15) is 5.10 Å². The van der Waals surface area contributed by atoms with E-state index < -0.39 is 6.04 Å². The number of rotatable bonds is 7. The average Bonchev–Trinajstić information content (AvgIpc) is 2.59. The smallest absolute Gasteiger partial charge is 0.262 e. The molecule has 0 bridgehead atoms. The second-order valence-corrected chi connectivity index (χ2v) is 5.70. The van der Waals surface area contributed by atoms with Gasteiger partial charge in [-0.3, -0.25) is 4.79 Å². The van der Waals surface area contributed by atoms with E-state index >= 15 is 0 Å². The second-order valence-electron chi connectivity index (χ2n) is 5.27. The largest absolute Gasteiger partial charge is 0.504 e. The molecule has 2 aromatic rings. The standard InChI is InChI=1S/C18H20ClN3O3/c1-3-25-17-9-4-13(10-16(17)23)11-20-22-18(24)12(2)21-15-7-5-14(19)6-8-15/h4-12,21,23H,3H2,1-2H3,(H,22,24). The van der Waals surface area contributed by atoms with Gasteiger partial charge in [-0.25, -0.2) is 5.43 Å². The summed E-state index contributed by atoms with van der Waals surface area (Å²) in [6.07, 6.45) is 1.45. The van der Waals surface area contributed by atoms with Crippen LogP contribution in [0.5, 0.6) is 11.5 Å². The molecule has 0 aliphatic heterocycles. The Bertz CT molecular complexity index is 748. The number of nitrogens with one attached hydrogen (secondary N) is 2. The fourth-order valence-electron chi connectivity index (χ4n) is 2.02. The molecule has 1 unspecified atom stereocenters. The molecule has 1 atom stereocenters. The van der Waals surface area contributed by atoms with Crippen LogP contribution in [0.3, 0.4) is 0 Å². The first-order chi connectivity index (χ1) is 12.0. The summed E-state index contributed by atoms with van der Waals surface area (Å²) in [6.45, 7) is 4.03. The molecule has 1 amide bonds. The maximum Gasteiger partial charge on any atom is 0.262 e. The number of anilines is 1. The number of phenols is 1. The highest BCUT2D eigenvalue weighted by molar-refractivity contribution is 6.30. The van der Waals surface area contributed by atoms with E-state index in [4.69, 9.17) is 16.3 Å². The van der Waals surface area contributed by atoms with Crippen LogP contribution in [-0.4, -0.2) is 29.9 Å². The van der Waals surface area contributed by atoms with Gasteiger partial charge in [-0.1, -0.05) is 11.6 Å². The number of hydrogen-bond acceptors (Lipinski definition) is 5. The molecule has 0 saturated carbocycles. The molecule has 0 heterocycles. The normalized spacial score (nSPS) is 12.0. The molecule has 25 heavy (non-hydrogen) atoms. The molecule has 0 aliphatic carbocycles. The molecule has 6 nitrogen and oxygen atoms in total. The van der Waals surface area contributed by atoms with Crippen LogP contribution in [0, 0.1) is 0 Å². The zero-order valence-corrected chi connectivity index (χ0v) is 14.7. The highest BCUT2D eigenvalue weighted by Crippen LogP contribution is 2.26. The van der Waals surface area contributed by atoms with Crippen molar-refractivity contribution in [1.82, 2.24) is 5.43 Å². The van der Waals surface area contributed by atoms with Gasteiger partial charge in [-0.05, 0) is 61.9 Å².